The van der Waals surface area contributed by atoms with Crippen molar-refractivity contribution in [1.29, 1.82) is 0 Å². The highest BCUT2D eigenvalue weighted by Gasteiger charge is 2.26. The van der Waals surface area contributed by atoms with Crippen LogP contribution in [0, 0.1) is 0 Å². The zero-order chi connectivity index (χ0) is 21.4. The van der Waals surface area contributed by atoms with Gasteiger partial charge in [-0.1, -0.05) is 30.3 Å². The Morgan fingerprint density at radius 1 is 1.21 bits per heavy atom. The van der Waals surface area contributed by atoms with Crippen molar-refractivity contribution < 1.29 is 28.4 Å². The van der Waals surface area contributed by atoms with Gasteiger partial charge in [-0.05, 0) is 32.8 Å². The molecule has 1 aromatic rings. The van der Waals surface area contributed by atoms with Crippen LogP contribution >= 0.6 is 0 Å². The van der Waals surface area contributed by atoms with E-state index in [4.69, 9.17) is 9.47 Å². The first-order valence-corrected chi connectivity index (χ1v) is 11.3. The summed E-state index contributed by atoms with van der Waals surface area (Å²) in [5.74, 6) is -0.752. The predicted octanol–water partition coefficient (Wildman–Crippen LogP) is 3.56. The first-order valence-electron chi connectivity index (χ1n) is 8.89. The number of amides is 1. The second-order valence-corrected chi connectivity index (χ2v) is 10.6. The molecule has 1 rings (SSSR count). The number of allylic oxidation sites excluding steroid dienone is 1. The van der Waals surface area contributed by atoms with Gasteiger partial charge in [0, 0.05) is 6.42 Å². The van der Waals surface area contributed by atoms with Crippen LogP contribution in [-0.4, -0.2) is 41.3 Å². The summed E-state index contributed by atoms with van der Waals surface area (Å²) < 4.78 is 22.2. The number of aliphatic hydroxyl groups excluding tert-OH is 1. The Morgan fingerprint density at radius 3 is 2.36 bits per heavy atom. The van der Waals surface area contributed by atoms with E-state index < -0.39 is 33.6 Å². The monoisotopic (exact) mass is 412 g/mol. The third-order valence-electron chi connectivity index (χ3n) is 3.31. The van der Waals surface area contributed by atoms with Crippen molar-refractivity contribution in [2.75, 3.05) is 12.5 Å². The number of aliphatic hydroxyl groups is 1. The van der Waals surface area contributed by atoms with Crippen molar-refractivity contribution in [3.8, 4) is 0 Å². The SMILES string of the molecule is CC(C)(C)OC(=O)NC(CC/C(O)=C/[S+](C)(C)=O)C(=O)OCc1ccccc1. The second-order valence-electron chi connectivity index (χ2n) is 7.75. The van der Waals surface area contributed by atoms with Crippen molar-refractivity contribution in [2.24, 2.45) is 0 Å². The van der Waals surface area contributed by atoms with Gasteiger partial charge in [0.05, 0.1) is 0 Å². The zero-order valence-electron chi connectivity index (χ0n) is 17.1. The normalized spacial score (nSPS) is 13.5. The molecule has 28 heavy (non-hydrogen) atoms. The van der Waals surface area contributed by atoms with E-state index >= 15 is 0 Å². The third-order valence-corrected chi connectivity index (χ3v) is 4.15. The van der Waals surface area contributed by atoms with E-state index in [2.05, 4.69) is 5.32 Å². The molecule has 156 valence electrons. The summed E-state index contributed by atoms with van der Waals surface area (Å²) in [6, 6.07) is 8.13. The van der Waals surface area contributed by atoms with Gasteiger partial charge < -0.3 is 19.9 Å². The molecular formula is C20H30NO6S+. The fourth-order valence-corrected chi connectivity index (χ4v) is 2.98. The second kappa shape index (κ2) is 10.3. The molecule has 2 N–H and O–H groups in total. The van der Waals surface area contributed by atoms with E-state index in [1.54, 1.807) is 20.8 Å². The summed E-state index contributed by atoms with van der Waals surface area (Å²) in [7, 11) is -2.28. The number of hydrogen-bond donors (Lipinski definition) is 2. The van der Waals surface area contributed by atoms with Gasteiger partial charge in [0.1, 0.15) is 46.5 Å². The summed E-state index contributed by atoms with van der Waals surface area (Å²) in [5, 5.41) is 13.7. The molecular weight excluding hydrogens is 382 g/mol. The van der Waals surface area contributed by atoms with Crippen LogP contribution in [0.3, 0.4) is 0 Å². The fourth-order valence-electron chi connectivity index (χ4n) is 2.21. The highest BCUT2D eigenvalue weighted by Crippen LogP contribution is 2.13. The Kier molecular flexibility index (Phi) is 8.68. The summed E-state index contributed by atoms with van der Waals surface area (Å²) in [6.07, 6.45) is 2.36. The van der Waals surface area contributed by atoms with E-state index in [-0.39, 0.29) is 25.2 Å². The van der Waals surface area contributed by atoms with Gasteiger partial charge >= 0.3 is 12.1 Å². The van der Waals surface area contributed by atoms with Gasteiger partial charge in [-0.25, -0.2) is 9.59 Å². The van der Waals surface area contributed by atoms with Gasteiger partial charge in [-0.2, -0.15) is 0 Å². The Labute approximate surface area is 167 Å². The molecule has 0 spiro atoms. The number of ether oxygens (including phenoxy) is 2. The van der Waals surface area contributed by atoms with Gasteiger partial charge in [0.2, 0.25) is 0 Å². The van der Waals surface area contributed by atoms with Crippen molar-refractivity contribution in [1.82, 2.24) is 5.32 Å². The minimum absolute atomic E-state index is 0.0551. The van der Waals surface area contributed by atoms with E-state index in [9.17, 15) is 18.9 Å². The van der Waals surface area contributed by atoms with Crippen molar-refractivity contribution >= 4 is 22.0 Å². The molecule has 0 aliphatic rings. The molecule has 1 unspecified atom stereocenters. The Bertz CT molecular complexity index is 733. The van der Waals surface area contributed by atoms with Crippen LogP contribution in [0.25, 0.3) is 0 Å². The topological polar surface area (TPSA) is 102 Å². The molecule has 0 heterocycles. The van der Waals surface area contributed by atoms with E-state index in [0.717, 1.165) is 5.56 Å². The highest BCUT2D eigenvalue weighted by atomic mass is 32.2. The lowest BCUT2D eigenvalue weighted by atomic mass is 10.1. The average Bonchev–Trinajstić information content (AvgIpc) is 2.54. The number of esters is 1. The van der Waals surface area contributed by atoms with Crippen LogP contribution in [0.1, 0.15) is 39.2 Å². The quantitative estimate of drug-likeness (QED) is 0.384. The minimum Gasteiger partial charge on any atom is -0.508 e. The van der Waals surface area contributed by atoms with E-state index in [1.807, 2.05) is 30.3 Å². The van der Waals surface area contributed by atoms with E-state index in [1.165, 1.54) is 17.9 Å². The molecule has 0 aliphatic heterocycles. The van der Waals surface area contributed by atoms with Crippen molar-refractivity contribution in [3.63, 3.8) is 0 Å². The number of benzene rings is 1. The van der Waals surface area contributed by atoms with Crippen LogP contribution < -0.4 is 5.32 Å². The molecule has 1 amide bonds. The van der Waals surface area contributed by atoms with Gasteiger partial charge in [-0.15, -0.1) is 4.21 Å². The summed E-state index contributed by atoms with van der Waals surface area (Å²) in [5.41, 5.74) is 0.0897. The molecule has 0 saturated heterocycles. The minimum atomic E-state index is -2.28. The maximum Gasteiger partial charge on any atom is 0.408 e. The van der Waals surface area contributed by atoms with Crippen LogP contribution in [-0.2, 0) is 35.0 Å². The molecule has 0 fully saturated rings. The number of carbonyl (C=O) groups is 2. The van der Waals surface area contributed by atoms with E-state index in [0.29, 0.717) is 0 Å². The number of carbonyl (C=O) groups excluding carboxylic acids is 2. The average molecular weight is 413 g/mol. The first-order chi connectivity index (χ1) is 12.9. The molecule has 0 radical (unpaired) electrons. The lowest BCUT2D eigenvalue weighted by molar-refractivity contribution is -0.147. The number of hydrogen-bond acceptors (Lipinski definition) is 6. The molecule has 0 bridgehead atoms. The molecule has 8 heteroatoms. The molecule has 0 aromatic heterocycles. The third kappa shape index (κ3) is 10.7. The molecule has 1 atom stereocenters. The smallest absolute Gasteiger partial charge is 0.408 e. The summed E-state index contributed by atoms with van der Waals surface area (Å²) in [4.78, 5) is 24.5. The maximum absolute atomic E-state index is 12.5. The largest absolute Gasteiger partial charge is 0.508 e. The number of rotatable bonds is 8. The van der Waals surface area contributed by atoms with Gasteiger partial charge in [0.25, 0.3) is 0 Å². The summed E-state index contributed by atoms with van der Waals surface area (Å²) >= 11 is 0. The first kappa shape index (κ1) is 23.7. The van der Waals surface area contributed by atoms with Crippen molar-refractivity contribution in [3.05, 3.63) is 47.1 Å². The molecule has 7 nitrogen and oxygen atoms in total. The molecule has 1 aromatic carbocycles. The summed E-state index contributed by atoms with van der Waals surface area (Å²) in [6.45, 7) is 5.20. The van der Waals surface area contributed by atoms with Gasteiger partial charge in [0.15, 0.2) is 5.41 Å². The van der Waals surface area contributed by atoms with Crippen LogP contribution in [0.4, 0.5) is 4.79 Å². The van der Waals surface area contributed by atoms with Crippen LogP contribution in [0.2, 0.25) is 0 Å². The lowest BCUT2D eigenvalue weighted by Crippen LogP contribution is -2.44. The van der Waals surface area contributed by atoms with Crippen LogP contribution in [0.15, 0.2) is 41.5 Å². The van der Waals surface area contributed by atoms with Gasteiger partial charge in [-0.3, -0.25) is 0 Å². The zero-order valence-corrected chi connectivity index (χ0v) is 17.9. The number of alkyl carbamates (subject to hydrolysis) is 1. The standard InChI is InChI=1S/C20H29NO6S/c1-20(2,3)27-19(24)21-17(12-11-16(22)14-28(4,5)25)18(23)26-13-15-9-7-6-8-10-15/h6-10,14,17H,11-13H2,1-5H3,(H-,21,22,24,25)/p+1. The lowest BCUT2D eigenvalue weighted by Gasteiger charge is -2.23. The number of nitrogens with one attached hydrogen (secondary N) is 1. The predicted molar refractivity (Wildman–Crippen MR) is 109 cm³/mol. The maximum atomic E-state index is 12.5. The molecule has 0 aliphatic carbocycles. The Balaban J connectivity index is 2.78. The highest BCUT2D eigenvalue weighted by molar-refractivity contribution is 8.04. The Hall–Kier alpha value is -2.35. The Morgan fingerprint density at radius 2 is 1.82 bits per heavy atom. The van der Waals surface area contributed by atoms with Crippen molar-refractivity contribution in [2.45, 2.75) is 51.9 Å². The van der Waals surface area contributed by atoms with Crippen LogP contribution in [0.5, 0.6) is 0 Å². The fraction of sp³-hybridized carbons (Fsp3) is 0.500. The molecule has 0 saturated carbocycles.